The lowest BCUT2D eigenvalue weighted by atomic mass is 10.2. The highest BCUT2D eigenvalue weighted by atomic mass is 16.5. The Balaban J connectivity index is 2.15. The van der Waals surface area contributed by atoms with Crippen molar-refractivity contribution in [1.29, 1.82) is 0 Å². The van der Waals surface area contributed by atoms with Crippen molar-refractivity contribution in [3.05, 3.63) is 69.4 Å². The number of fused-ring (bicyclic) bond motifs is 1. The SMILES string of the molecule is CCOc1ccc(-n2c(=O)c3ccccc3n(CC(=O)NC(C)CC)c2=O)cc1. The van der Waals surface area contributed by atoms with Crippen molar-refractivity contribution in [2.75, 3.05) is 6.61 Å². The molecule has 1 atom stereocenters. The second-order valence-electron chi connectivity index (χ2n) is 6.83. The first-order chi connectivity index (χ1) is 14.0. The van der Waals surface area contributed by atoms with Crippen molar-refractivity contribution in [2.45, 2.75) is 39.8 Å². The van der Waals surface area contributed by atoms with Crippen LogP contribution in [0.15, 0.2) is 58.1 Å². The van der Waals surface area contributed by atoms with E-state index in [1.165, 1.54) is 4.57 Å². The first-order valence-corrected chi connectivity index (χ1v) is 9.73. The number of hydrogen-bond acceptors (Lipinski definition) is 4. The van der Waals surface area contributed by atoms with E-state index in [4.69, 9.17) is 4.74 Å². The van der Waals surface area contributed by atoms with E-state index < -0.39 is 11.2 Å². The third-order valence-electron chi connectivity index (χ3n) is 4.78. The Morgan fingerprint density at radius 2 is 1.76 bits per heavy atom. The van der Waals surface area contributed by atoms with E-state index in [0.717, 1.165) is 11.0 Å². The third-order valence-corrected chi connectivity index (χ3v) is 4.78. The second-order valence-corrected chi connectivity index (χ2v) is 6.83. The van der Waals surface area contributed by atoms with Gasteiger partial charge in [-0.1, -0.05) is 19.1 Å². The molecule has 1 unspecified atom stereocenters. The first-order valence-electron chi connectivity index (χ1n) is 9.73. The van der Waals surface area contributed by atoms with Crippen LogP contribution >= 0.6 is 0 Å². The molecular weight excluding hydrogens is 370 g/mol. The van der Waals surface area contributed by atoms with Crippen molar-refractivity contribution in [1.82, 2.24) is 14.5 Å². The molecule has 0 bridgehead atoms. The average Bonchev–Trinajstić information content (AvgIpc) is 2.72. The monoisotopic (exact) mass is 395 g/mol. The van der Waals surface area contributed by atoms with Gasteiger partial charge in [0.15, 0.2) is 0 Å². The molecule has 7 nitrogen and oxygen atoms in total. The van der Waals surface area contributed by atoms with Gasteiger partial charge in [0.2, 0.25) is 5.91 Å². The maximum Gasteiger partial charge on any atom is 0.336 e. The summed E-state index contributed by atoms with van der Waals surface area (Å²) in [7, 11) is 0. The van der Waals surface area contributed by atoms with Crippen molar-refractivity contribution in [3.63, 3.8) is 0 Å². The van der Waals surface area contributed by atoms with Crippen molar-refractivity contribution >= 4 is 16.8 Å². The Morgan fingerprint density at radius 1 is 1.07 bits per heavy atom. The quantitative estimate of drug-likeness (QED) is 0.666. The first kappa shape index (κ1) is 20.4. The maximum atomic E-state index is 13.2. The van der Waals surface area contributed by atoms with Gasteiger partial charge in [0.1, 0.15) is 12.3 Å². The number of para-hydroxylation sites is 1. The summed E-state index contributed by atoms with van der Waals surface area (Å²) >= 11 is 0. The molecule has 1 N–H and O–H groups in total. The molecule has 0 spiro atoms. The summed E-state index contributed by atoms with van der Waals surface area (Å²) in [5.41, 5.74) is -0.125. The van der Waals surface area contributed by atoms with E-state index >= 15 is 0 Å². The number of rotatable bonds is 7. The molecule has 0 aliphatic rings. The maximum absolute atomic E-state index is 13.2. The third kappa shape index (κ3) is 4.23. The van der Waals surface area contributed by atoms with E-state index in [9.17, 15) is 14.4 Å². The zero-order valence-corrected chi connectivity index (χ0v) is 16.8. The number of carbonyl (C=O) groups excluding carboxylic acids is 1. The minimum Gasteiger partial charge on any atom is -0.494 e. The summed E-state index contributed by atoms with van der Waals surface area (Å²) in [4.78, 5) is 38.7. The van der Waals surface area contributed by atoms with Crippen molar-refractivity contribution < 1.29 is 9.53 Å². The standard InChI is InChI=1S/C22H25N3O4/c1-4-15(3)23-20(26)14-24-19-9-7-6-8-18(19)21(27)25(22(24)28)16-10-12-17(13-11-16)29-5-2/h6-13,15H,4-5,14H2,1-3H3,(H,23,26). The fourth-order valence-electron chi connectivity index (χ4n) is 3.13. The molecule has 0 saturated carbocycles. The fourth-order valence-corrected chi connectivity index (χ4v) is 3.13. The minimum absolute atomic E-state index is 0.00137. The van der Waals surface area contributed by atoms with Gasteiger partial charge in [-0.05, 0) is 56.7 Å². The highest BCUT2D eigenvalue weighted by Crippen LogP contribution is 2.15. The molecule has 0 saturated heterocycles. The minimum atomic E-state index is -0.558. The average molecular weight is 395 g/mol. The van der Waals surface area contributed by atoms with Crippen LogP contribution in [0, 0.1) is 0 Å². The van der Waals surface area contributed by atoms with Crippen LogP contribution in [-0.2, 0) is 11.3 Å². The van der Waals surface area contributed by atoms with Gasteiger partial charge in [0.25, 0.3) is 5.56 Å². The lowest BCUT2D eigenvalue weighted by Crippen LogP contribution is -2.43. The summed E-state index contributed by atoms with van der Waals surface area (Å²) in [6.45, 7) is 6.11. The van der Waals surface area contributed by atoms with Gasteiger partial charge in [-0.25, -0.2) is 9.36 Å². The number of ether oxygens (including phenoxy) is 1. The molecule has 1 aromatic heterocycles. The lowest BCUT2D eigenvalue weighted by molar-refractivity contribution is -0.122. The van der Waals surface area contributed by atoms with Gasteiger partial charge in [0, 0.05) is 6.04 Å². The summed E-state index contributed by atoms with van der Waals surface area (Å²) in [5, 5.41) is 3.24. The van der Waals surface area contributed by atoms with Gasteiger partial charge in [-0.2, -0.15) is 0 Å². The van der Waals surface area contributed by atoms with Crippen LogP contribution in [-0.4, -0.2) is 27.7 Å². The Morgan fingerprint density at radius 3 is 2.41 bits per heavy atom. The highest BCUT2D eigenvalue weighted by molar-refractivity contribution is 5.82. The molecule has 3 aromatic rings. The van der Waals surface area contributed by atoms with Crippen LogP contribution < -0.4 is 21.3 Å². The summed E-state index contributed by atoms with van der Waals surface area (Å²) in [6.07, 6.45) is 0.785. The molecule has 152 valence electrons. The van der Waals surface area contributed by atoms with E-state index in [-0.39, 0.29) is 18.5 Å². The lowest BCUT2D eigenvalue weighted by Gasteiger charge is -2.16. The zero-order chi connectivity index (χ0) is 21.0. The Kier molecular flexibility index (Phi) is 6.16. The molecule has 3 rings (SSSR count). The van der Waals surface area contributed by atoms with Crippen LogP contribution in [0.2, 0.25) is 0 Å². The second kappa shape index (κ2) is 8.77. The topological polar surface area (TPSA) is 82.3 Å². The Bertz CT molecular complexity index is 1130. The number of aromatic nitrogens is 2. The highest BCUT2D eigenvalue weighted by Gasteiger charge is 2.17. The Labute approximate surface area is 168 Å². The van der Waals surface area contributed by atoms with E-state index in [0.29, 0.717) is 28.9 Å². The van der Waals surface area contributed by atoms with Gasteiger partial charge in [-0.15, -0.1) is 0 Å². The largest absolute Gasteiger partial charge is 0.494 e. The number of benzene rings is 2. The van der Waals surface area contributed by atoms with Crippen LogP contribution in [0.4, 0.5) is 0 Å². The summed E-state index contributed by atoms with van der Waals surface area (Å²) in [5.74, 6) is 0.377. The van der Waals surface area contributed by atoms with E-state index in [2.05, 4.69) is 5.32 Å². The molecule has 1 amide bonds. The van der Waals surface area contributed by atoms with Gasteiger partial charge < -0.3 is 10.1 Å². The number of nitrogens with zero attached hydrogens (tertiary/aromatic N) is 2. The number of hydrogen-bond donors (Lipinski definition) is 1. The molecule has 1 heterocycles. The normalized spacial score (nSPS) is 12.0. The Hall–Kier alpha value is -3.35. The number of amides is 1. The van der Waals surface area contributed by atoms with Crippen LogP contribution in [0.3, 0.4) is 0 Å². The van der Waals surface area contributed by atoms with Crippen LogP contribution in [0.25, 0.3) is 16.6 Å². The predicted octanol–water partition coefficient (Wildman–Crippen LogP) is 2.47. The zero-order valence-electron chi connectivity index (χ0n) is 16.8. The molecule has 2 aromatic carbocycles. The molecule has 0 aliphatic heterocycles. The van der Waals surface area contributed by atoms with Crippen molar-refractivity contribution in [3.8, 4) is 11.4 Å². The molecule has 0 aliphatic carbocycles. The van der Waals surface area contributed by atoms with Crippen LogP contribution in [0.5, 0.6) is 5.75 Å². The van der Waals surface area contributed by atoms with E-state index in [1.54, 1.807) is 48.5 Å². The van der Waals surface area contributed by atoms with Crippen molar-refractivity contribution in [2.24, 2.45) is 0 Å². The number of nitrogens with one attached hydrogen (secondary N) is 1. The number of carbonyl (C=O) groups is 1. The molecule has 29 heavy (non-hydrogen) atoms. The predicted molar refractivity (Wildman–Crippen MR) is 113 cm³/mol. The van der Waals surface area contributed by atoms with Gasteiger partial charge in [-0.3, -0.25) is 14.2 Å². The van der Waals surface area contributed by atoms with Gasteiger partial charge in [0.05, 0.1) is 23.2 Å². The fraction of sp³-hybridized carbons (Fsp3) is 0.318. The molecule has 0 radical (unpaired) electrons. The van der Waals surface area contributed by atoms with Gasteiger partial charge >= 0.3 is 5.69 Å². The molecular formula is C22H25N3O4. The van der Waals surface area contributed by atoms with Crippen LogP contribution in [0.1, 0.15) is 27.2 Å². The smallest absolute Gasteiger partial charge is 0.336 e. The summed E-state index contributed by atoms with van der Waals surface area (Å²) < 4.78 is 7.86. The molecule has 7 heteroatoms. The molecule has 0 fully saturated rings. The summed E-state index contributed by atoms with van der Waals surface area (Å²) in [6, 6.07) is 13.5. The van der Waals surface area contributed by atoms with E-state index in [1.807, 2.05) is 20.8 Å².